The molecular formula is C24H30N2O3. The average molecular weight is 395 g/mol. The van der Waals surface area contributed by atoms with Gasteiger partial charge in [0.2, 0.25) is 0 Å². The third kappa shape index (κ3) is 5.59. The highest BCUT2D eigenvalue weighted by Crippen LogP contribution is 2.30. The highest BCUT2D eigenvalue weighted by Gasteiger charge is 2.28. The lowest BCUT2D eigenvalue weighted by molar-refractivity contribution is 0.0925. The largest absolute Gasteiger partial charge is 0.488 e. The van der Waals surface area contributed by atoms with Gasteiger partial charge in [-0.3, -0.25) is 9.59 Å². The Kier molecular flexibility index (Phi) is 7.28. The molecule has 3 rings (SSSR count). The van der Waals surface area contributed by atoms with Crippen molar-refractivity contribution in [3.05, 3.63) is 65.2 Å². The Morgan fingerprint density at radius 1 is 1.14 bits per heavy atom. The van der Waals surface area contributed by atoms with Crippen molar-refractivity contribution < 1.29 is 14.3 Å². The number of unbranched alkanes of at least 4 members (excludes halogenated alkanes) is 1. The maximum absolute atomic E-state index is 12.8. The molecule has 0 spiro atoms. The van der Waals surface area contributed by atoms with Gasteiger partial charge in [0.25, 0.3) is 11.8 Å². The molecule has 1 saturated carbocycles. The summed E-state index contributed by atoms with van der Waals surface area (Å²) in [6.07, 6.45) is 7.06. The van der Waals surface area contributed by atoms with Crippen LogP contribution < -0.4 is 15.8 Å². The molecule has 2 atom stereocenters. The Morgan fingerprint density at radius 2 is 1.97 bits per heavy atom. The molecule has 5 heteroatoms. The number of carbonyl (C=O) groups is 2. The van der Waals surface area contributed by atoms with E-state index in [0.717, 1.165) is 12.0 Å². The Balaban J connectivity index is 1.62. The van der Waals surface area contributed by atoms with E-state index in [1.165, 1.54) is 32.1 Å². The quantitative estimate of drug-likeness (QED) is 0.659. The lowest BCUT2D eigenvalue weighted by Gasteiger charge is -2.21. The number of primary amides is 1. The minimum atomic E-state index is -0.525. The van der Waals surface area contributed by atoms with Crippen LogP contribution in [0.25, 0.3) is 0 Å². The molecule has 0 radical (unpaired) electrons. The summed E-state index contributed by atoms with van der Waals surface area (Å²) in [5, 5.41) is 3.24. The van der Waals surface area contributed by atoms with Crippen LogP contribution in [0.1, 0.15) is 71.7 Å². The van der Waals surface area contributed by atoms with Gasteiger partial charge in [0.15, 0.2) is 0 Å². The Bertz CT molecular complexity index is 850. The molecule has 5 nitrogen and oxygen atoms in total. The van der Waals surface area contributed by atoms with E-state index in [1.807, 2.05) is 24.3 Å². The van der Waals surface area contributed by atoms with E-state index < -0.39 is 5.91 Å². The minimum absolute atomic E-state index is 0.0298. The van der Waals surface area contributed by atoms with Gasteiger partial charge in [-0.05, 0) is 55.0 Å². The molecule has 2 aromatic carbocycles. The van der Waals surface area contributed by atoms with Gasteiger partial charge in [0.05, 0.1) is 5.56 Å². The molecule has 1 aliphatic carbocycles. The molecule has 0 bridgehead atoms. The van der Waals surface area contributed by atoms with Crippen LogP contribution in [-0.4, -0.2) is 17.9 Å². The number of hydrogen-bond donors (Lipinski definition) is 2. The summed E-state index contributed by atoms with van der Waals surface area (Å²) < 4.78 is 5.78. The molecule has 154 valence electrons. The molecular weight excluding hydrogens is 364 g/mol. The minimum Gasteiger partial charge on any atom is -0.488 e. The molecule has 1 aliphatic rings. The third-order valence-corrected chi connectivity index (χ3v) is 5.64. The predicted octanol–water partition coefficient (Wildman–Crippen LogP) is 4.45. The van der Waals surface area contributed by atoms with Crippen LogP contribution in [0.5, 0.6) is 5.75 Å². The summed E-state index contributed by atoms with van der Waals surface area (Å²) in [5.74, 6) is 0.482. The standard InChI is InChI=1S/C24H30N2O3/c1-2-3-9-18-10-7-13-21(18)26-24(28)19-11-6-8-17(15-19)16-29-22-14-5-4-12-20(22)23(25)27/h4-6,8,11-12,14-15,18,21H,2-3,7,9-10,13,16H2,1H3,(H2,25,27)(H,26,28). The SMILES string of the molecule is CCCCC1CCCC1NC(=O)c1cccc(COc2ccccc2C(N)=O)c1. The van der Waals surface area contributed by atoms with Crippen LogP contribution >= 0.6 is 0 Å². The van der Waals surface area contributed by atoms with Crippen LogP contribution in [-0.2, 0) is 6.61 Å². The van der Waals surface area contributed by atoms with Crippen LogP contribution in [0, 0.1) is 5.92 Å². The van der Waals surface area contributed by atoms with Gasteiger partial charge in [-0.2, -0.15) is 0 Å². The van der Waals surface area contributed by atoms with Crippen LogP contribution in [0.4, 0.5) is 0 Å². The van der Waals surface area contributed by atoms with Gasteiger partial charge in [0, 0.05) is 11.6 Å². The summed E-state index contributed by atoms with van der Waals surface area (Å²) in [5.41, 5.74) is 7.24. The number of nitrogens with one attached hydrogen (secondary N) is 1. The van der Waals surface area contributed by atoms with E-state index in [-0.39, 0.29) is 18.6 Å². The van der Waals surface area contributed by atoms with Gasteiger partial charge in [-0.1, -0.05) is 50.5 Å². The number of amides is 2. The Labute approximate surface area is 172 Å². The van der Waals surface area contributed by atoms with Crippen molar-refractivity contribution in [1.29, 1.82) is 0 Å². The third-order valence-electron chi connectivity index (χ3n) is 5.64. The van der Waals surface area contributed by atoms with Crippen molar-refractivity contribution >= 4 is 11.8 Å². The first-order valence-corrected chi connectivity index (χ1v) is 10.5. The molecule has 2 aromatic rings. The highest BCUT2D eigenvalue weighted by atomic mass is 16.5. The van der Waals surface area contributed by atoms with Gasteiger partial charge < -0.3 is 15.8 Å². The second-order valence-corrected chi connectivity index (χ2v) is 7.76. The van der Waals surface area contributed by atoms with Crippen molar-refractivity contribution in [2.45, 2.75) is 58.1 Å². The lowest BCUT2D eigenvalue weighted by Crippen LogP contribution is -2.37. The molecule has 0 saturated heterocycles. The van der Waals surface area contributed by atoms with E-state index in [1.54, 1.807) is 24.3 Å². The normalized spacial score (nSPS) is 18.4. The lowest BCUT2D eigenvalue weighted by atomic mass is 9.96. The second-order valence-electron chi connectivity index (χ2n) is 7.76. The maximum Gasteiger partial charge on any atom is 0.252 e. The van der Waals surface area contributed by atoms with Gasteiger partial charge >= 0.3 is 0 Å². The van der Waals surface area contributed by atoms with Crippen LogP contribution in [0.2, 0.25) is 0 Å². The maximum atomic E-state index is 12.8. The number of nitrogens with two attached hydrogens (primary N) is 1. The molecule has 1 fully saturated rings. The van der Waals surface area contributed by atoms with E-state index in [2.05, 4.69) is 12.2 Å². The Morgan fingerprint density at radius 3 is 2.76 bits per heavy atom. The molecule has 0 heterocycles. The molecule has 0 aliphatic heterocycles. The summed E-state index contributed by atoms with van der Waals surface area (Å²) in [4.78, 5) is 24.3. The molecule has 2 amide bonds. The summed E-state index contributed by atoms with van der Waals surface area (Å²) in [6, 6.07) is 14.6. The number of benzene rings is 2. The first-order valence-electron chi connectivity index (χ1n) is 10.5. The zero-order valence-corrected chi connectivity index (χ0v) is 17.0. The fourth-order valence-electron chi connectivity index (χ4n) is 4.05. The van der Waals surface area contributed by atoms with E-state index >= 15 is 0 Å². The topological polar surface area (TPSA) is 81.4 Å². The highest BCUT2D eigenvalue weighted by molar-refractivity contribution is 5.95. The van der Waals surface area contributed by atoms with Crippen molar-refractivity contribution in [3.8, 4) is 5.75 Å². The van der Waals surface area contributed by atoms with Crippen molar-refractivity contribution in [3.63, 3.8) is 0 Å². The predicted molar refractivity (Wildman–Crippen MR) is 114 cm³/mol. The fourth-order valence-corrected chi connectivity index (χ4v) is 4.05. The van der Waals surface area contributed by atoms with Crippen molar-refractivity contribution in [2.24, 2.45) is 11.7 Å². The Hall–Kier alpha value is -2.82. The average Bonchev–Trinajstić information content (AvgIpc) is 3.17. The molecule has 2 unspecified atom stereocenters. The van der Waals surface area contributed by atoms with E-state index in [9.17, 15) is 9.59 Å². The fraction of sp³-hybridized carbons (Fsp3) is 0.417. The van der Waals surface area contributed by atoms with Crippen LogP contribution in [0.3, 0.4) is 0 Å². The number of carbonyl (C=O) groups excluding carboxylic acids is 2. The first kappa shape index (κ1) is 20.9. The second kappa shape index (κ2) is 10.1. The number of para-hydroxylation sites is 1. The van der Waals surface area contributed by atoms with Gasteiger partial charge in [-0.15, -0.1) is 0 Å². The summed E-state index contributed by atoms with van der Waals surface area (Å²) in [6.45, 7) is 2.46. The zero-order valence-electron chi connectivity index (χ0n) is 17.0. The number of ether oxygens (including phenoxy) is 1. The smallest absolute Gasteiger partial charge is 0.252 e. The van der Waals surface area contributed by atoms with Crippen molar-refractivity contribution in [2.75, 3.05) is 0 Å². The molecule has 3 N–H and O–H groups in total. The molecule has 29 heavy (non-hydrogen) atoms. The van der Waals surface area contributed by atoms with Gasteiger partial charge in [0.1, 0.15) is 12.4 Å². The van der Waals surface area contributed by atoms with E-state index in [4.69, 9.17) is 10.5 Å². The van der Waals surface area contributed by atoms with Gasteiger partial charge in [-0.25, -0.2) is 0 Å². The number of rotatable bonds is 9. The summed E-state index contributed by atoms with van der Waals surface area (Å²) in [7, 11) is 0. The van der Waals surface area contributed by atoms with E-state index in [0.29, 0.717) is 22.8 Å². The number of hydrogen-bond acceptors (Lipinski definition) is 3. The first-order chi connectivity index (χ1) is 14.1. The summed E-state index contributed by atoms with van der Waals surface area (Å²) >= 11 is 0. The van der Waals surface area contributed by atoms with Crippen LogP contribution in [0.15, 0.2) is 48.5 Å². The monoisotopic (exact) mass is 394 g/mol. The molecule has 0 aromatic heterocycles. The van der Waals surface area contributed by atoms with Crippen molar-refractivity contribution in [1.82, 2.24) is 5.32 Å². The zero-order chi connectivity index (χ0) is 20.6.